The van der Waals surface area contributed by atoms with Gasteiger partial charge in [-0.15, -0.1) is 0 Å². The zero-order valence-corrected chi connectivity index (χ0v) is 11.4. The van der Waals surface area contributed by atoms with Crippen molar-refractivity contribution in [3.05, 3.63) is 39.0 Å². The third-order valence-corrected chi connectivity index (χ3v) is 4.00. The number of pyridine rings is 1. The standard InChI is InChI=1S/C14H11Cl2NO/c1-7-9-3-2-4-12(18)14(9)17-13-10(7)5-8(15)6-11(13)16/h5-6H,2-4H2,1H3. The molecule has 2 nitrogen and oxygen atoms in total. The van der Waals surface area contributed by atoms with Gasteiger partial charge in [0.15, 0.2) is 5.78 Å². The lowest BCUT2D eigenvalue weighted by Gasteiger charge is -2.18. The van der Waals surface area contributed by atoms with Crippen molar-refractivity contribution < 1.29 is 4.79 Å². The van der Waals surface area contributed by atoms with E-state index >= 15 is 0 Å². The van der Waals surface area contributed by atoms with E-state index in [4.69, 9.17) is 23.2 Å². The van der Waals surface area contributed by atoms with E-state index in [2.05, 4.69) is 4.98 Å². The second kappa shape index (κ2) is 4.22. The Bertz CT molecular complexity index is 679. The first-order valence-electron chi connectivity index (χ1n) is 5.89. The van der Waals surface area contributed by atoms with Crippen molar-refractivity contribution in [1.29, 1.82) is 0 Å². The van der Waals surface area contributed by atoms with Crippen molar-refractivity contribution >= 4 is 39.9 Å². The van der Waals surface area contributed by atoms with Crippen LogP contribution in [0.1, 0.15) is 34.5 Å². The number of hydrogen-bond acceptors (Lipinski definition) is 2. The highest BCUT2D eigenvalue weighted by Crippen LogP contribution is 2.33. The molecule has 1 aliphatic carbocycles. The van der Waals surface area contributed by atoms with E-state index in [9.17, 15) is 4.79 Å². The number of halogens is 2. The lowest BCUT2D eigenvalue weighted by Crippen LogP contribution is -2.15. The fraction of sp³-hybridized carbons (Fsp3) is 0.286. The normalized spacial score (nSPS) is 14.9. The lowest BCUT2D eigenvalue weighted by molar-refractivity contribution is 0.0967. The SMILES string of the molecule is Cc1c2c(nc3c(Cl)cc(Cl)cc13)C(=O)CCC2. The number of rotatable bonds is 0. The molecular weight excluding hydrogens is 269 g/mol. The number of aromatic nitrogens is 1. The summed E-state index contributed by atoms with van der Waals surface area (Å²) in [5.41, 5.74) is 3.40. The van der Waals surface area contributed by atoms with Crippen LogP contribution in [0.5, 0.6) is 0 Å². The average Bonchev–Trinajstić information content (AvgIpc) is 2.32. The van der Waals surface area contributed by atoms with Gasteiger partial charge in [-0.05, 0) is 43.0 Å². The Morgan fingerprint density at radius 1 is 1.22 bits per heavy atom. The van der Waals surface area contributed by atoms with Crippen molar-refractivity contribution in [2.45, 2.75) is 26.2 Å². The third kappa shape index (κ3) is 1.72. The zero-order chi connectivity index (χ0) is 12.9. The van der Waals surface area contributed by atoms with Crippen molar-refractivity contribution in [3.63, 3.8) is 0 Å². The van der Waals surface area contributed by atoms with Crippen molar-refractivity contribution in [3.8, 4) is 0 Å². The molecule has 0 saturated heterocycles. The molecule has 0 saturated carbocycles. The molecule has 0 spiro atoms. The van der Waals surface area contributed by atoms with E-state index in [0.29, 0.717) is 27.7 Å². The van der Waals surface area contributed by atoms with Gasteiger partial charge in [0, 0.05) is 16.8 Å². The summed E-state index contributed by atoms with van der Waals surface area (Å²) in [5.74, 6) is 0.118. The predicted molar refractivity (Wildman–Crippen MR) is 73.8 cm³/mol. The van der Waals surface area contributed by atoms with Crippen LogP contribution >= 0.6 is 23.2 Å². The first-order valence-corrected chi connectivity index (χ1v) is 6.65. The number of aryl methyl sites for hydroxylation is 1. The number of carbonyl (C=O) groups excluding carboxylic acids is 1. The van der Waals surface area contributed by atoms with Gasteiger partial charge < -0.3 is 0 Å². The molecule has 0 fully saturated rings. The maximum atomic E-state index is 11.9. The maximum Gasteiger partial charge on any atom is 0.181 e. The van der Waals surface area contributed by atoms with Crippen LogP contribution in [0.2, 0.25) is 10.0 Å². The van der Waals surface area contributed by atoms with Crippen LogP contribution in [0.25, 0.3) is 10.9 Å². The molecule has 0 unspecified atom stereocenters. The molecule has 0 aliphatic heterocycles. The minimum atomic E-state index is 0.118. The van der Waals surface area contributed by atoms with Crippen molar-refractivity contribution in [2.24, 2.45) is 0 Å². The Morgan fingerprint density at radius 2 is 2.00 bits per heavy atom. The molecule has 4 heteroatoms. The van der Waals surface area contributed by atoms with Gasteiger partial charge in [-0.25, -0.2) is 4.98 Å². The van der Waals surface area contributed by atoms with Crippen molar-refractivity contribution in [1.82, 2.24) is 4.98 Å². The first kappa shape index (κ1) is 11.9. The summed E-state index contributed by atoms with van der Waals surface area (Å²) >= 11 is 12.2. The van der Waals surface area contributed by atoms with Gasteiger partial charge in [0.05, 0.1) is 10.5 Å². The average molecular weight is 280 g/mol. The van der Waals surface area contributed by atoms with E-state index in [-0.39, 0.29) is 5.78 Å². The van der Waals surface area contributed by atoms with Gasteiger partial charge in [0.1, 0.15) is 5.69 Å². The van der Waals surface area contributed by atoms with Crippen LogP contribution in [-0.4, -0.2) is 10.8 Å². The fourth-order valence-electron chi connectivity index (χ4n) is 2.57. The molecule has 18 heavy (non-hydrogen) atoms. The Hall–Kier alpha value is -1.12. The van der Waals surface area contributed by atoms with Crippen LogP contribution < -0.4 is 0 Å². The summed E-state index contributed by atoms with van der Waals surface area (Å²) in [5, 5.41) is 2.04. The Morgan fingerprint density at radius 3 is 2.78 bits per heavy atom. The van der Waals surface area contributed by atoms with E-state index < -0.39 is 0 Å². The Labute approximate surface area is 115 Å². The fourth-order valence-corrected chi connectivity index (χ4v) is 3.10. The minimum Gasteiger partial charge on any atom is -0.292 e. The van der Waals surface area contributed by atoms with E-state index in [1.807, 2.05) is 13.0 Å². The summed E-state index contributed by atoms with van der Waals surface area (Å²) in [6.07, 6.45) is 2.38. The summed E-state index contributed by atoms with van der Waals surface area (Å²) in [4.78, 5) is 16.4. The highest BCUT2D eigenvalue weighted by molar-refractivity contribution is 6.38. The number of hydrogen-bond donors (Lipinski definition) is 0. The highest BCUT2D eigenvalue weighted by Gasteiger charge is 2.22. The van der Waals surface area contributed by atoms with Gasteiger partial charge in [0.2, 0.25) is 0 Å². The molecule has 1 aromatic carbocycles. The van der Waals surface area contributed by atoms with Crippen LogP contribution in [0.15, 0.2) is 12.1 Å². The second-order valence-corrected chi connectivity index (χ2v) is 5.47. The number of ketones is 1. The molecule has 2 aromatic rings. The number of carbonyl (C=O) groups is 1. The van der Waals surface area contributed by atoms with Crippen LogP contribution in [0, 0.1) is 6.92 Å². The monoisotopic (exact) mass is 279 g/mol. The summed E-state index contributed by atoms with van der Waals surface area (Å²) in [6, 6.07) is 3.53. The largest absolute Gasteiger partial charge is 0.292 e. The summed E-state index contributed by atoms with van der Waals surface area (Å²) < 4.78 is 0. The molecular formula is C14H11Cl2NO. The molecule has 0 amide bonds. The van der Waals surface area contributed by atoms with Gasteiger partial charge >= 0.3 is 0 Å². The summed E-state index contributed by atoms with van der Waals surface area (Å²) in [7, 11) is 0. The molecule has 0 atom stereocenters. The number of nitrogens with zero attached hydrogens (tertiary/aromatic N) is 1. The predicted octanol–water partition coefficient (Wildman–Crippen LogP) is 4.37. The Kier molecular flexibility index (Phi) is 2.80. The maximum absolute atomic E-state index is 11.9. The molecule has 1 aliphatic rings. The van der Waals surface area contributed by atoms with Crippen LogP contribution in [0.3, 0.4) is 0 Å². The molecule has 1 aromatic heterocycles. The van der Waals surface area contributed by atoms with Gasteiger partial charge in [-0.3, -0.25) is 4.79 Å². The summed E-state index contributed by atoms with van der Waals surface area (Å²) in [6.45, 7) is 2.01. The lowest BCUT2D eigenvalue weighted by atomic mass is 9.90. The van der Waals surface area contributed by atoms with E-state index in [1.54, 1.807) is 6.07 Å². The smallest absolute Gasteiger partial charge is 0.181 e. The van der Waals surface area contributed by atoms with Crippen LogP contribution in [0.4, 0.5) is 0 Å². The van der Waals surface area contributed by atoms with Crippen LogP contribution in [-0.2, 0) is 6.42 Å². The molecule has 3 rings (SSSR count). The number of Topliss-reactive ketones (excluding diaryl/α,β-unsaturated/α-hetero) is 1. The molecule has 0 N–H and O–H groups in total. The first-order chi connectivity index (χ1) is 8.58. The van der Waals surface area contributed by atoms with Gasteiger partial charge in [-0.1, -0.05) is 23.2 Å². The highest BCUT2D eigenvalue weighted by atomic mass is 35.5. The van der Waals surface area contributed by atoms with E-state index in [1.165, 1.54) is 0 Å². The molecule has 92 valence electrons. The third-order valence-electron chi connectivity index (χ3n) is 3.49. The molecule has 0 radical (unpaired) electrons. The van der Waals surface area contributed by atoms with Crippen molar-refractivity contribution in [2.75, 3.05) is 0 Å². The number of benzene rings is 1. The zero-order valence-electron chi connectivity index (χ0n) is 9.89. The topological polar surface area (TPSA) is 30.0 Å². The molecule has 0 bridgehead atoms. The second-order valence-electron chi connectivity index (χ2n) is 4.62. The quantitative estimate of drug-likeness (QED) is 0.717. The minimum absolute atomic E-state index is 0.118. The number of fused-ring (bicyclic) bond motifs is 2. The van der Waals surface area contributed by atoms with Gasteiger partial charge in [0.25, 0.3) is 0 Å². The van der Waals surface area contributed by atoms with Gasteiger partial charge in [-0.2, -0.15) is 0 Å². The molecule has 1 heterocycles. The Balaban J connectivity index is 2.44. The van der Waals surface area contributed by atoms with E-state index in [0.717, 1.165) is 29.4 Å².